The molecule has 0 aliphatic rings. The average molecular weight is 371 g/mol. The summed E-state index contributed by atoms with van der Waals surface area (Å²) >= 11 is 6.16. The van der Waals surface area contributed by atoms with E-state index in [2.05, 4.69) is 5.32 Å². The van der Waals surface area contributed by atoms with Crippen molar-refractivity contribution < 1.29 is 12.8 Å². The van der Waals surface area contributed by atoms with Crippen LogP contribution in [0.15, 0.2) is 40.8 Å². The van der Waals surface area contributed by atoms with Gasteiger partial charge in [0, 0.05) is 18.7 Å². The molecule has 0 atom stereocenters. The molecule has 0 spiro atoms. The van der Waals surface area contributed by atoms with Crippen LogP contribution in [-0.2, 0) is 16.6 Å². The lowest BCUT2D eigenvalue weighted by Crippen LogP contribution is -2.32. The Morgan fingerprint density at radius 1 is 1.21 bits per heavy atom. The lowest BCUT2D eigenvalue weighted by Gasteiger charge is -2.17. The molecule has 1 N–H and O–H groups in total. The lowest BCUT2D eigenvalue weighted by molar-refractivity contribution is 0.414. The van der Waals surface area contributed by atoms with Crippen LogP contribution in [0.25, 0.3) is 11.3 Å². The third kappa shape index (κ3) is 5.34. The van der Waals surface area contributed by atoms with E-state index in [0.717, 1.165) is 23.5 Å². The van der Waals surface area contributed by atoms with Gasteiger partial charge in [0.05, 0.1) is 17.8 Å². The number of furan rings is 1. The van der Waals surface area contributed by atoms with E-state index in [0.29, 0.717) is 31.2 Å². The molecule has 7 heteroatoms. The number of hydrogen-bond donors (Lipinski definition) is 1. The molecule has 1 aromatic heterocycles. The topological polar surface area (TPSA) is 62.6 Å². The van der Waals surface area contributed by atoms with Crippen molar-refractivity contribution in [1.82, 2.24) is 9.62 Å². The Bertz CT molecular complexity index is 759. The molecule has 0 aliphatic carbocycles. The third-order valence-corrected chi connectivity index (χ3v) is 5.39. The fourth-order valence-electron chi connectivity index (χ4n) is 2.43. The molecule has 0 aliphatic heterocycles. The summed E-state index contributed by atoms with van der Waals surface area (Å²) in [6.07, 6.45) is 1.99. The zero-order valence-corrected chi connectivity index (χ0v) is 15.5. The van der Waals surface area contributed by atoms with Crippen molar-refractivity contribution in [3.63, 3.8) is 0 Å². The molecule has 0 saturated heterocycles. The summed E-state index contributed by atoms with van der Waals surface area (Å²) in [6, 6.07) is 11.4. The second kappa shape index (κ2) is 8.67. The Hall–Kier alpha value is -1.34. The number of sulfonamides is 1. The maximum Gasteiger partial charge on any atom is 0.211 e. The lowest BCUT2D eigenvalue weighted by atomic mass is 10.2. The normalized spacial score (nSPS) is 12.0. The SMILES string of the molecule is CCN(CCCNCc1ccc(-c2ccccc2Cl)o1)S(C)(=O)=O. The van der Waals surface area contributed by atoms with Gasteiger partial charge >= 0.3 is 0 Å². The summed E-state index contributed by atoms with van der Waals surface area (Å²) in [7, 11) is -3.11. The number of nitrogens with one attached hydrogen (secondary N) is 1. The number of hydrogen-bond acceptors (Lipinski definition) is 4. The molecule has 132 valence electrons. The molecule has 24 heavy (non-hydrogen) atoms. The Morgan fingerprint density at radius 3 is 2.62 bits per heavy atom. The second-order valence-electron chi connectivity index (χ2n) is 5.53. The van der Waals surface area contributed by atoms with Gasteiger partial charge in [-0.1, -0.05) is 30.7 Å². The molecule has 0 radical (unpaired) electrons. The zero-order valence-electron chi connectivity index (χ0n) is 14.0. The van der Waals surface area contributed by atoms with E-state index < -0.39 is 10.0 Å². The summed E-state index contributed by atoms with van der Waals surface area (Å²) in [5, 5.41) is 3.92. The predicted molar refractivity (Wildman–Crippen MR) is 97.6 cm³/mol. The van der Waals surface area contributed by atoms with E-state index >= 15 is 0 Å². The smallest absolute Gasteiger partial charge is 0.211 e. The molecule has 0 bridgehead atoms. The first-order valence-electron chi connectivity index (χ1n) is 7.91. The summed E-state index contributed by atoms with van der Waals surface area (Å²) in [6.45, 7) is 4.17. The summed E-state index contributed by atoms with van der Waals surface area (Å²) < 4.78 is 30.3. The van der Waals surface area contributed by atoms with Gasteiger partial charge in [0.2, 0.25) is 10.0 Å². The minimum Gasteiger partial charge on any atom is -0.460 e. The summed E-state index contributed by atoms with van der Waals surface area (Å²) in [5.41, 5.74) is 0.872. The highest BCUT2D eigenvalue weighted by Gasteiger charge is 2.13. The molecular weight excluding hydrogens is 348 g/mol. The first-order chi connectivity index (χ1) is 11.4. The first kappa shape index (κ1) is 19.0. The van der Waals surface area contributed by atoms with Crippen molar-refractivity contribution in [2.24, 2.45) is 0 Å². The van der Waals surface area contributed by atoms with E-state index in [1.165, 1.54) is 10.6 Å². The monoisotopic (exact) mass is 370 g/mol. The van der Waals surface area contributed by atoms with Crippen LogP contribution < -0.4 is 5.32 Å². The van der Waals surface area contributed by atoms with E-state index in [4.69, 9.17) is 16.0 Å². The Morgan fingerprint density at radius 2 is 1.96 bits per heavy atom. The van der Waals surface area contributed by atoms with Gasteiger partial charge < -0.3 is 9.73 Å². The van der Waals surface area contributed by atoms with Crippen LogP contribution in [0.5, 0.6) is 0 Å². The summed E-state index contributed by atoms with van der Waals surface area (Å²) in [4.78, 5) is 0. The number of benzene rings is 1. The van der Waals surface area contributed by atoms with Crippen LogP contribution >= 0.6 is 11.6 Å². The third-order valence-electron chi connectivity index (χ3n) is 3.68. The minimum atomic E-state index is -3.11. The van der Waals surface area contributed by atoms with Crippen molar-refractivity contribution in [1.29, 1.82) is 0 Å². The molecule has 1 aromatic carbocycles. The molecule has 0 saturated carbocycles. The van der Waals surface area contributed by atoms with Crippen molar-refractivity contribution in [3.05, 3.63) is 47.2 Å². The number of rotatable bonds is 9. The Kier molecular flexibility index (Phi) is 6.86. The first-order valence-corrected chi connectivity index (χ1v) is 10.1. The van der Waals surface area contributed by atoms with Crippen molar-refractivity contribution in [2.45, 2.75) is 19.9 Å². The van der Waals surface area contributed by atoms with Gasteiger partial charge in [-0.2, -0.15) is 0 Å². The van der Waals surface area contributed by atoms with Crippen LogP contribution in [-0.4, -0.2) is 38.6 Å². The molecular formula is C17H23ClN2O3S. The number of nitrogens with zero attached hydrogens (tertiary/aromatic N) is 1. The predicted octanol–water partition coefficient (Wildman–Crippen LogP) is 3.36. The average Bonchev–Trinajstić information content (AvgIpc) is 2.98. The fraction of sp³-hybridized carbons (Fsp3) is 0.412. The van der Waals surface area contributed by atoms with Gasteiger partial charge in [0.25, 0.3) is 0 Å². The van der Waals surface area contributed by atoms with E-state index in [-0.39, 0.29) is 0 Å². The van der Waals surface area contributed by atoms with Crippen molar-refractivity contribution >= 4 is 21.6 Å². The summed E-state index contributed by atoms with van der Waals surface area (Å²) in [5.74, 6) is 1.56. The fourth-order valence-corrected chi connectivity index (χ4v) is 3.59. The van der Waals surface area contributed by atoms with Gasteiger partial charge in [0.1, 0.15) is 11.5 Å². The van der Waals surface area contributed by atoms with Crippen molar-refractivity contribution in [3.8, 4) is 11.3 Å². The standard InChI is InChI=1S/C17H23ClN2O3S/c1-3-20(24(2,21)22)12-6-11-19-13-14-9-10-17(23-14)15-7-4-5-8-16(15)18/h4-5,7-10,19H,3,6,11-13H2,1-2H3. The minimum absolute atomic E-state index is 0.498. The Labute approximate surface area is 148 Å². The second-order valence-corrected chi connectivity index (χ2v) is 7.92. The van der Waals surface area contributed by atoms with E-state index in [1.807, 2.05) is 43.3 Å². The maximum absolute atomic E-state index is 11.5. The highest BCUT2D eigenvalue weighted by atomic mass is 35.5. The van der Waals surface area contributed by atoms with Gasteiger partial charge in [0.15, 0.2) is 0 Å². The molecule has 0 fully saturated rings. The quantitative estimate of drug-likeness (QED) is 0.687. The molecule has 5 nitrogen and oxygen atoms in total. The van der Waals surface area contributed by atoms with Gasteiger partial charge in [-0.3, -0.25) is 0 Å². The van der Waals surface area contributed by atoms with Gasteiger partial charge in [-0.15, -0.1) is 0 Å². The van der Waals surface area contributed by atoms with E-state index in [1.54, 1.807) is 0 Å². The van der Waals surface area contributed by atoms with Crippen molar-refractivity contribution in [2.75, 3.05) is 25.9 Å². The highest BCUT2D eigenvalue weighted by molar-refractivity contribution is 7.88. The van der Waals surface area contributed by atoms with E-state index in [9.17, 15) is 8.42 Å². The van der Waals surface area contributed by atoms with Crippen LogP contribution in [0.4, 0.5) is 0 Å². The molecule has 0 amide bonds. The number of halogens is 1. The highest BCUT2D eigenvalue weighted by Crippen LogP contribution is 2.28. The van der Waals surface area contributed by atoms with Crippen LogP contribution in [0.1, 0.15) is 19.1 Å². The largest absolute Gasteiger partial charge is 0.460 e. The maximum atomic E-state index is 11.5. The van der Waals surface area contributed by atoms with Gasteiger partial charge in [-0.25, -0.2) is 12.7 Å². The van der Waals surface area contributed by atoms with Crippen LogP contribution in [0, 0.1) is 0 Å². The van der Waals surface area contributed by atoms with Crippen LogP contribution in [0.3, 0.4) is 0 Å². The molecule has 1 heterocycles. The van der Waals surface area contributed by atoms with Gasteiger partial charge in [-0.05, 0) is 37.2 Å². The molecule has 2 rings (SSSR count). The zero-order chi connectivity index (χ0) is 17.6. The Balaban J connectivity index is 1.79. The molecule has 2 aromatic rings. The van der Waals surface area contributed by atoms with Crippen LogP contribution in [0.2, 0.25) is 5.02 Å². The molecule has 0 unspecified atom stereocenters.